The summed E-state index contributed by atoms with van der Waals surface area (Å²) >= 11 is 1.39. The summed E-state index contributed by atoms with van der Waals surface area (Å²) in [6, 6.07) is 13.5. The minimum atomic E-state index is -0.250. The van der Waals surface area contributed by atoms with E-state index >= 15 is 0 Å². The van der Waals surface area contributed by atoms with Gasteiger partial charge in [0.05, 0.1) is 7.11 Å². The molecule has 0 spiro atoms. The van der Waals surface area contributed by atoms with Gasteiger partial charge in [-0.3, -0.25) is 0 Å². The van der Waals surface area contributed by atoms with Gasteiger partial charge in [0.2, 0.25) is 0 Å². The van der Waals surface area contributed by atoms with Crippen LogP contribution in [0.4, 0.5) is 4.39 Å². The lowest BCUT2D eigenvalue weighted by atomic mass is 10.2. The van der Waals surface area contributed by atoms with Gasteiger partial charge in [0.15, 0.2) is 6.61 Å². The van der Waals surface area contributed by atoms with E-state index in [2.05, 4.69) is 10.2 Å². The van der Waals surface area contributed by atoms with Crippen molar-refractivity contribution >= 4 is 11.8 Å². The summed E-state index contributed by atoms with van der Waals surface area (Å²) < 4.78 is 29.0. The van der Waals surface area contributed by atoms with Crippen molar-refractivity contribution in [1.82, 2.24) is 10.2 Å². The normalized spacial score (nSPS) is 10.6. The minimum Gasteiger partial charge on any atom is -0.497 e. The number of methoxy groups -OCH3 is 1. The first-order valence-corrected chi connectivity index (χ1v) is 8.18. The molecule has 3 rings (SSSR count). The summed E-state index contributed by atoms with van der Waals surface area (Å²) in [4.78, 5) is 0. The lowest BCUT2D eigenvalue weighted by molar-refractivity contribution is 0.252. The van der Waals surface area contributed by atoms with E-state index in [0.717, 1.165) is 11.3 Å². The fourth-order valence-corrected chi connectivity index (χ4v) is 2.63. The van der Waals surface area contributed by atoms with Gasteiger partial charge in [-0.15, -0.1) is 10.2 Å². The third-order valence-electron chi connectivity index (χ3n) is 3.15. The summed E-state index contributed by atoms with van der Waals surface area (Å²) in [6.45, 7) is 0.191. The zero-order valence-electron chi connectivity index (χ0n) is 12.9. The number of ether oxygens (including phenoxy) is 2. The van der Waals surface area contributed by atoms with Gasteiger partial charge in [0, 0.05) is 5.75 Å². The maximum absolute atomic E-state index is 12.9. The van der Waals surface area contributed by atoms with Crippen LogP contribution >= 0.6 is 11.8 Å². The molecule has 0 atom stereocenters. The molecule has 0 aliphatic carbocycles. The van der Waals surface area contributed by atoms with Crippen LogP contribution in [0.15, 0.2) is 58.2 Å². The van der Waals surface area contributed by atoms with Gasteiger partial charge in [-0.05, 0) is 42.0 Å². The van der Waals surface area contributed by atoms with Gasteiger partial charge in [-0.2, -0.15) is 0 Å². The zero-order chi connectivity index (χ0) is 16.8. The molecule has 5 nitrogen and oxygen atoms in total. The van der Waals surface area contributed by atoms with Gasteiger partial charge in [-0.1, -0.05) is 23.9 Å². The van der Waals surface area contributed by atoms with Crippen LogP contribution in [-0.2, 0) is 12.4 Å². The molecule has 0 aliphatic rings. The van der Waals surface area contributed by atoms with Crippen LogP contribution in [0, 0.1) is 5.82 Å². The summed E-state index contributed by atoms with van der Waals surface area (Å²) in [5.41, 5.74) is 0.982. The van der Waals surface area contributed by atoms with Crippen LogP contribution < -0.4 is 9.47 Å². The number of aromatic nitrogens is 2. The van der Waals surface area contributed by atoms with Crippen molar-refractivity contribution in [3.63, 3.8) is 0 Å². The van der Waals surface area contributed by atoms with E-state index in [-0.39, 0.29) is 12.4 Å². The first-order valence-electron chi connectivity index (χ1n) is 7.19. The largest absolute Gasteiger partial charge is 0.497 e. The molecular weight excluding hydrogens is 331 g/mol. The molecule has 0 saturated heterocycles. The van der Waals surface area contributed by atoms with Gasteiger partial charge >= 0.3 is 0 Å². The maximum Gasteiger partial charge on any atom is 0.277 e. The van der Waals surface area contributed by atoms with Crippen molar-refractivity contribution in [3.8, 4) is 11.5 Å². The highest BCUT2D eigenvalue weighted by Gasteiger charge is 2.08. The molecule has 0 amide bonds. The molecule has 3 aromatic rings. The number of hydrogen-bond acceptors (Lipinski definition) is 6. The molecule has 2 aromatic carbocycles. The fraction of sp³-hybridized carbons (Fsp3) is 0.176. The molecule has 0 saturated carbocycles. The Morgan fingerprint density at radius 2 is 1.71 bits per heavy atom. The number of rotatable bonds is 7. The highest BCUT2D eigenvalue weighted by Crippen LogP contribution is 2.22. The Labute approximate surface area is 142 Å². The van der Waals surface area contributed by atoms with E-state index < -0.39 is 0 Å². The summed E-state index contributed by atoms with van der Waals surface area (Å²) in [7, 11) is 1.61. The molecule has 0 N–H and O–H groups in total. The molecule has 0 radical (unpaired) electrons. The van der Waals surface area contributed by atoms with Crippen LogP contribution in [0.3, 0.4) is 0 Å². The van der Waals surface area contributed by atoms with Gasteiger partial charge in [-0.25, -0.2) is 4.39 Å². The fourth-order valence-electron chi connectivity index (χ4n) is 1.90. The monoisotopic (exact) mass is 346 g/mol. The van der Waals surface area contributed by atoms with Crippen molar-refractivity contribution in [3.05, 3.63) is 65.8 Å². The van der Waals surface area contributed by atoms with Crippen molar-refractivity contribution in [2.24, 2.45) is 0 Å². The van der Waals surface area contributed by atoms with Crippen LogP contribution in [0.2, 0.25) is 0 Å². The first kappa shape index (κ1) is 16.3. The summed E-state index contributed by atoms with van der Waals surface area (Å²) in [6.07, 6.45) is 0. The van der Waals surface area contributed by atoms with Crippen LogP contribution in [0.1, 0.15) is 11.5 Å². The third-order valence-corrected chi connectivity index (χ3v) is 4.04. The highest BCUT2D eigenvalue weighted by molar-refractivity contribution is 7.98. The highest BCUT2D eigenvalue weighted by atomic mass is 32.2. The summed E-state index contributed by atoms with van der Waals surface area (Å²) in [5, 5.41) is 8.36. The molecule has 1 heterocycles. The van der Waals surface area contributed by atoms with E-state index in [9.17, 15) is 4.39 Å². The quantitative estimate of drug-likeness (QED) is 0.601. The predicted molar refractivity (Wildman–Crippen MR) is 87.6 cm³/mol. The second kappa shape index (κ2) is 7.83. The number of thioether (sulfide) groups is 1. The molecule has 1 aromatic heterocycles. The zero-order valence-corrected chi connectivity index (χ0v) is 13.8. The van der Waals surface area contributed by atoms with Gasteiger partial charge in [0.1, 0.15) is 17.3 Å². The number of nitrogens with zero attached hydrogens (tertiary/aromatic N) is 2. The molecule has 0 bridgehead atoms. The molecule has 0 fully saturated rings. The van der Waals surface area contributed by atoms with Crippen molar-refractivity contribution < 1.29 is 18.3 Å². The van der Waals surface area contributed by atoms with Crippen molar-refractivity contribution in [2.45, 2.75) is 17.6 Å². The lowest BCUT2D eigenvalue weighted by Crippen LogP contribution is -1.95. The van der Waals surface area contributed by atoms with Gasteiger partial charge in [0.25, 0.3) is 11.1 Å². The van der Waals surface area contributed by atoms with Crippen LogP contribution in [0.5, 0.6) is 11.5 Å². The molecule has 124 valence electrons. The lowest BCUT2D eigenvalue weighted by Gasteiger charge is -2.04. The van der Waals surface area contributed by atoms with E-state index in [1.165, 1.54) is 23.9 Å². The molecule has 0 aliphatic heterocycles. The SMILES string of the molecule is COc1ccc(OCc2nnc(SCc3ccc(F)cc3)o2)cc1. The Hall–Kier alpha value is -2.54. The van der Waals surface area contributed by atoms with E-state index in [0.29, 0.717) is 22.6 Å². The van der Waals surface area contributed by atoms with E-state index in [4.69, 9.17) is 13.9 Å². The average molecular weight is 346 g/mol. The van der Waals surface area contributed by atoms with Gasteiger partial charge < -0.3 is 13.9 Å². The molecule has 7 heteroatoms. The topological polar surface area (TPSA) is 57.4 Å². The Balaban J connectivity index is 1.50. The Morgan fingerprint density at radius 3 is 2.42 bits per heavy atom. The number of benzene rings is 2. The molecular formula is C17H15FN2O3S. The van der Waals surface area contributed by atoms with E-state index in [1.54, 1.807) is 31.4 Å². The number of hydrogen-bond donors (Lipinski definition) is 0. The minimum absolute atomic E-state index is 0.191. The molecule has 24 heavy (non-hydrogen) atoms. The Bertz CT molecular complexity index is 775. The Kier molecular flexibility index (Phi) is 5.32. The third kappa shape index (κ3) is 4.48. The smallest absolute Gasteiger partial charge is 0.277 e. The summed E-state index contributed by atoms with van der Waals surface area (Å²) in [5.74, 6) is 2.22. The number of halogens is 1. The van der Waals surface area contributed by atoms with Crippen molar-refractivity contribution in [2.75, 3.05) is 7.11 Å². The van der Waals surface area contributed by atoms with Crippen LogP contribution in [-0.4, -0.2) is 17.3 Å². The van der Waals surface area contributed by atoms with E-state index in [1.807, 2.05) is 12.1 Å². The first-order chi connectivity index (χ1) is 11.7. The average Bonchev–Trinajstić information content (AvgIpc) is 3.08. The molecule has 0 unspecified atom stereocenters. The second-order valence-corrected chi connectivity index (χ2v) is 5.77. The second-order valence-electron chi connectivity index (χ2n) is 4.84. The standard InChI is InChI=1S/C17H15FN2O3S/c1-21-14-6-8-15(9-7-14)22-10-16-19-20-17(23-16)24-11-12-2-4-13(18)5-3-12/h2-9H,10-11H2,1H3. The van der Waals surface area contributed by atoms with Crippen LogP contribution in [0.25, 0.3) is 0 Å². The van der Waals surface area contributed by atoms with Crippen molar-refractivity contribution in [1.29, 1.82) is 0 Å². The predicted octanol–water partition coefficient (Wildman–Crippen LogP) is 4.09. The Morgan fingerprint density at radius 1 is 1.00 bits per heavy atom. The maximum atomic E-state index is 12.9.